The van der Waals surface area contributed by atoms with Crippen molar-refractivity contribution in [1.82, 2.24) is 4.98 Å². The van der Waals surface area contributed by atoms with Crippen molar-refractivity contribution in [3.63, 3.8) is 0 Å². The number of ether oxygens (including phenoxy) is 1. The van der Waals surface area contributed by atoms with Crippen LogP contribution in [0.3, 0.4) is 0 Å². The van der Waals surface area contributed by atoms with E-state index in [1.54, 1.807) is 7.11 Å². The van der Waals surface area contributed by atoms with Crippen LogP contribution in [-0.4, -0.2) is 12.1 Å². The van der Waals surface area contributed by atoms with Crippen LogP contribution in [0.15, 0.2) is 35.4 Å². The smallest absolute Gasteiger partial charge is 0.213 e. The number of methoxy groups -OCH3 is 1. The first-order valence-corrected chi connectivity index (χ1v) is 6.75. The van der Waals surface area contributed by atoms with Gasteiger partial charge in [0.1, 0.15) is 0 Å². The van der Waals surface area contributed by atoms with E-state index >= 15 is 0 Å². The molecule has 1 heterocycles. The molecular formula is C16H20N2O. The van der Waals surface area contributed by atoms with Crippen LogP contribution in [0, 0.1) is 5.92 Å². The summed E-state index contributed by atoms with van der Waals surface area (Å²) in [4.78, 5) is 4.59. The van der Waals surface area contributed by atoms with Crippen molar-refractivity contribution in [2.24, 2.45) is 11.7 Å². The van der Waals surface area contributed by atoms with E-state index in [-0.39, 0.29) is 5.54 Å². The highest BCUT2D eigenvalue weighted by molar-refractivity contribution is 5.49. The highest BCUT2D eigenvalue weighted by Crippen LogP contribution is 2.48. The van der Waals surface area contributed by atoms with Crippen LogP contribution >= 0.6 is 0 Å². The van der Waals surface area contributed by atoms with E-state index in [4.69, 9.17) is 10.5 Å². The summed E-state index contributed by atoms with van der Waals surface area (Å²) in [7, 11) is 1.65. The third-order valence-corrected chi connectivity index (χ3v) is 4.32. The van der Waals surface area contributed by atoms with Crippen LogP contribution in [0.25, 0.3) is 0 Å². The van der Waals surface area contributed by atoms with Crippen molar-refractivity contribution in [2.45, 2.75) is 32.2 Å². The first kappa shape index (κ1) is 12.4. The van der Waals surface area contributed by atoms with Gasteiger partial charge in [0.2, 0.25) is 5.88 Å². The zero-order valence-corrected chi connectivity index (χ0v) is 11.7. The lowest BCUT2D eigenvalue weighted by molar-refractivity contribution is 0.380. The van der Waals surface area contributed by atoms with Gasteiger partial charge in [-0.2, -0.15) is 0 Å². The van der Waals surface area contributed by atoms with E-state index in [1.165, 1.54) is 11.1 Å². The summed E-state index contributed by atoms with van der Waals surface area (Å²) in [6, 6.07) is 3.99. The Labute approximate surface area is 114 Å². The SMILES string of the molecule is C/C=C1\C2C=C(C)CC1(N)c1ccc(OC)nc1C2. The molecule has 2 aliphatic carbocycles. The molecule has 2 bridgehead atoms. The Morgan fingerprint density at radius 3 is 2.95 bits per heavy atom. The Morgan fingerprint density at radius 1 is 1.47 bits per heavy atom. The molecule has 1 aromatic rings. The minimum Gasteiger partial charge on any atom is -0.481 e. The van der Waals surface area contributed by atoms with Gasteiger partial charge in [0.05, 0.1) is 18.3 Å². The molecule has 0 saturated heterocycles. The molecule has 0 radical (unpaired) electrons. The van der Waals surface area contributed by atoms with E-state index < -0.39 is 0 Å². The van der Waals surface area contributed by atoms with E-state index in [0.717, 1.165) is 24.1 Å². The molecule has 19 heavy (non-hydrogen) atoms. The predicted octanol–water partition coefficient (Wildman–Crippen LogP) is 2.71. The molecule has 2 unspecified atom stereocenters. The second-order valence-electron chi connectivity index (χ2n) is 5.56. The summed E-state index contributed by atoms with van der Waals surface area (Å²) in [5.74, 6) is 1.06. The maximum Gasteiger partial charge on any atom is 0.213 e. The van der Waals surface area contributed by atoms with E-state index in [1.807, 2.05) is 6.07 Å². The Morgan fingerprint density at radius 2 is 2.26 bits per heavy atom. The molecule has 3 rings (SSSR count). The Balaban J connectivity index is 2.20. The maximum atomic E-state index is 6.76. The molecule has 0 fully saturated rings. The van der Waals surface area contributed by atoms with Crippen molar-refractivity contribution in [3.05, 3.63) is 46.7 Å². The number of nitrogens with two attached hydrogens (primary N) is 1. The zero-order chi connectivity index (χ0) is 13.6. The van der Waals surface area contributed by atoms with Crippen molar-refractivity contribution in [3.8, 4) is 5.88 Å². The molecule has 2 atom stereocenters. The third kappa shape index (κ3) is 1.72. The second-order valence-corrected chi connectivity index (χ2v) is 5.56. The molecule has 0 aliphatic heterocycles. The minimum atomic E-state index is -0.384. The summed E-state index contributed by atoms with van der Waals surface area (Å²) in [6.45, 7) is 4.25. The van der Waals surface area contributed by atoms with Gasteiger partial charge < -0.3 is 10.5 Å². The number of allylic oxidation sites excluding steroid dienone is 2. The van der Waals surface area contributed by atoms with Crippen LogP contribution in [0.1, 0.15) is 31.5 Å². The average molecular weight is 256 g/mol. The minimum absolute atomic E-state index is 0.384. The molecule has 0 spiro atoms. The van der Waals surface area contributed by atoms with Gasteiger partial charge in [0.15, 0.2) is 0 Å². The second kappa shape index (κ2) is 4.20. The van der Waals surface area contributed by atoms with Crippen molar-refractivity contribution in [2.75, 3.05) is 7.11 Å². The molecule has 0 aromatic carbocycles. The lowest BCUT2D eigenvalue weighted by Crippen LogP contribution is -2.47. The summed E-state index contributed by atoms with van der Waals surface area (Å²) in [5, 5.41) is 0. The molecule has 1 aromatic heterocycles. The summed E-state index contributed by atoms with van der Waals surface area (Å²) in [6.07, 6.45) is 6.32. The summed E-state index contributed by atoms with van der Waals surface area (Å²) in [5.41, 5.74) is 11.3. The monoisotopic (exact) mass is 256 g/mol. The van der Waals surface area contributed by atoms with Gasteiger partial charge in [-0.15, -0.1) is 0 Å². The topological polar surface area (TPSA) is 48.1 Å². The van der Waals surface area contributed by atoms with Gasteiger partial charge in [-0.3, -0.25) is 0 Å². The number of rotatable bonds is 1. The number of nitrogens with zero attached hydrogens (tertiary/aromatic N) is 1. The molecule has 2 N–H and O–H groups in total. The standard InChI is InChI=1S/C16H20N2O/c1-4-12-11-7-10(2)9-16(12,17)13-5-6-15(19-3)18-14(13)8-11/h4-7,11H,8-9,17H2,1-3H3/b12-4+. The van der Waals surface area contributed by atoms with E-state index in [2.05, 4.69) is 37.0 Å². The van der Waals surface area contributed by atoms with Crippen molar-refractivity contribution >= 4 is 0 Å². The van der Waals surface area contributed by atoms with Gasteiger partial charge in [-0.25, -0.2) is 4.98 Å². The Hall–Kier alpha value is -1.61. The molecule has 0 saturated carbocycles. The van der Waals surface area contributed by atoms with Gasteiger partial charge in [0.25, 0.3) is 0 Å². The Kier molecular flexibility index (Phi) is 2.75. The van der Waals surface area contributed by atoms with Crippen LogP contribution in [0.4, 0.5) is 0 Å². The van der Waals surface area contributed by atoms with Crippen LogP contribution in [-0.2, 0) is 12.0 Å². The molecular weight excluding hydrogens is 236 g/mol. The highest BCUT2D eigenvalue weighted by atomic mass is 16.5. The number of pyridine rings is 1. The van der Waals surface area contributed by atoms with Crippen LogP contribution < -0.4 is 10.5 Å². The van der Waals surface area contributed by atoms with Gasteiger partial charge in [0, 0.05) is 18.4 Å². The van der Waals surface area contributed by atoms with E-state index in [9.17, 15) is 0 Å². The van der Waals surface area contributed by atoms with E-state index in [0.29, 0.717) is 11.8 Å². The maximum absolute atomic E-state index is 6.76. The lowest BCUT2D eigenvalue weighted by Gasteiger charge is -2.45. The van der Waals surface area contributed by atoms with Crippen molar-refractivity contribution in [1.29, 1.82) is 0 Å². The quantitative estimate of drug-likeness (QED) is 0.786. The summed E-state index contributed by atoms with van der Waals surface area (Å²) >= 11 is 0. The number of hydrogen-bond donors (Lipinski definition) is 1. The first-order valence-electron chi connectivity index (χ1n) is 6.75. The zero-order valence-electron chi connectivity index (χ0n) is 11.7. The molecule has 3 heteroatoms. The van der Waals surface area contributed by atoms with Gasteiger partial charge in [-0.1, -0.05) is 17.7 Å². The Bertz CT molecular complexity index is 588. The summed E-state index contributed by atoms with van der Waals surface area (Å²) < 4.78 is 5.23. The van der Waals surface area contributed by atoms with Crippen molar-refractivity contribution < 1.29 is 4.74 Å². The number of fused-ring (bicyclic) bond motifs is 4. The third-order valence-electron chi connectivity index (χ3n) is 4.32. The first-order chi connectivity index (χ1) is 9.08. The fraction of sp³-hybridized carbons (Fsp3) is 0.438. The molecule has 0 amide bonds. The van der Waals surface area contributed by atoms with Gasteiger partial charge >= 0.3 is 0 Å². The molecule has 2 aliphatic rings. The van der Waals surface area contributed by atoms with Crippen LogP contribution in [0.2, 0.25) is 0 Å². The molecule has 3 nitrogen and oxygen atoms in total. The predicted molar refractivity (Wildman–Crippen MR) is 76.0 cm³/mol. The average Bonchev–Trinajstić information content (AvgIpc) is 2.37. The lowest BCUT2D eigenvalue weighted by atomic mass is 9.63. The largest absolute Gasteiger partial charge is 0.481 e. The number of hydrogen-bond acceptors (Lipinski definition) is 3. The van der Waals surface area contributed by atoms with Gasteiger partial charge in [-0.05, 0) is 37.5 Å². The fourth-order valence-corrected chi connectivity index (χ4v) is 3.62. The molecule has 100 valence electrons. The number of aromatic nitrogens is 1. The highest BCUT2D eigenvalue weighted by Gasteiger charge is 2.44. The van der Waals surface area contributed by atoms with Crippen LogP contribution in [0.5, 0.6) is 5.88 Å². The normalized spacial score (nSPS) is 30.8. The fourth-order valence-electron chi connectivity index (χ4n) is 3.62.